The third-order valence-electron chi connectivity index (χ3n) is 4.26. The first-order chi connectivity index (χ1) is 16.4. The van der Waals surface area contributed by atoms with Crippen molar-refractivity contribution in [2.45, 2.75) is 13.1 Å². The maximum absolute atomic E-state index is 13.2. The molecule has 1 amide bonds. The molecule has 0 saturated heterocycles. The maximum Gasteiger partial charge on any atom is 0.417 e. The topological polar surface area (TPSA) is 97.3 Å². The monoisotopic (exact) mass is 533 g/mol. The molecule has 13 heteroatoms. The van der Waals surface area contributed by atoms with Crippen molar-refractivity contribution in [1.82, 2.24) is 5.43 Å². The van der Waals surface area contributed by atoms with Gasteiger partial charge in [0.2, 0.25) is 10.0 Å². The molecule has 2 rings (SSSR count). The number of carbonyl (C=O) groups excluding carboxylic acids is 1. The summed E-state index contributed by atoms with van der Waals surface area (Å²) in [4.78, 5) is 12.3. The summed E-state index contributed by atoms with van der Waals surface area (Å²) in [5.41, 5.74) is 1.08. The van der Waals surface area contributed by atoms with Crippen LogP contribution >= 0.6 is 11.6 Å². The number of hydrogen-bond acceptors (Lipinski definition) is 6. The maximum atomic E-state index is 13.2. The minimum atomic E-state index is -4.81. The van der Waals surface area contributed by atoms with E-state index in [1.165, 1.54) is 6.21 Å². The number of anilines is 1. The highest BCUT2D eigenvalue weighted by molar-refractivity contribution is 7.92. The zero-order valence-electron chi connectivity index (χ0n) is 18.8. The van der Waals surface area contributed by atoms with Crippen LogP contribution in [0.2, 0.25) is 5.02 Å². The van der Waals surface area contributed by atoms with Gasteiger partial charge in [0.15, 0.2) is 11.5 Å². The number of benzene rings is 2. The second-order valence-electron chi connectivity index (χ2n) is 6.96. The number of rotatable bonds is 11. The molecule has 2 aromatic rings. The first kappa shape index (κ1) is 28.0. The lowest BCUT2D eigenvalue weighted by atomic mass is 10.2. The lowest BCUT2D eigenvalue weighted by molar-refractivity contribution is -0.137. The summed E-state index contributed by atoms with van der Waals surface area (Å²) >= 11 is 5.59. The van der Waals surface area contributed by atoms with Gasteiger partial charge < -0.3 is 9.47 Å². The van der Waals surface area contributed by atoms with Gasteiger partial charge in [0.25, 0.3) is 5.91 Å². The van der Waals surface area contributed by atoms with Crippen LogP contribution in [0.4, 0.5) is 18.9 Å². The Kier molecular flexibility index (Phi) is 9.55. The Balaban J connectivity index is 2.17. The first-order valence-electron chi connectivity index (χ1n) is 10.0. The van der Waals surface area contributed by atoms with Crippen molar-refractivity contribution in [3.63, 3.8) is 0 Å². The molecule has 0 unspecified atom stereocenters. The Bertz CT molecular complexity index is 1200. The average Bonchev–Trinajstić information content (AvgIpc) is 2.76. The van der Waals surface area contributed by atoms with Crippen molar-refractivity contribution in [3.8, 4) is 11.5 Å². The van der Waals surface area contributed by atoms with Crippen molar-refractivity contribution in [3.05, 3.63) is 65.2 Å². The zero-order valence-corrected chi connectivity index (χ0v) is 20.4. The zero-order chi connectivity index (χ0) is 26.2. The predicted molar refractivity (Wildman–Crippen MR) is 128 cm³/mol. The molecule has 0 heterocycles. The fourth-order valence-electron chi connectivity index (χ4n) is 2.77. The van der Waals surface area contributed by atoms with E-state index in [9.17, 15) is 26.4 Å². The molecule has 8 nitrogen and oxygen atoms in total. The molecule has 190 valence electrons. The van der Waals surface area contributed by atoms with Gasteiger partial charge in [-0.25, -0.2) is 13.8 Å². The largest absolute Gasteiger partial charge is 0.490 e. The van der Waals surface area contributed by atoms with E-state index in [0.717, 1.165) is 18.4 Å². The average molecular weight is 534 g/mol. The van der Waals surface area contributed by atoms with Gasteiger partial charge in [-0.2, -0.15) is 18.3 Å². The molecule has 0 spiro atoms. The van der Waals surface area contributed by atoms with Gasteiger partial charge in [0, 0.05) is 0 Å². The van der Waals surface area contributed by atoms with Crippen LogP contribution in [0.3, 0.4) is 0 Å². The quantitative estimate of drug-likeness (QED) is 0.265. The molecule has 0 saturated carbocycles. The lowest BCUT2D eigenvalue weighted by Gasteiger charge is -2.22. The fourth-order valence-corrected chi connectivity index (χ4v) is 3.84. The first-order valence-corrected chi connectivity index (χ1v) is 12.3. The van der Waals surface area contributed by atoms with Gasteiger partial charge in [-0.15, -0.1) is 0 Å². The number of hydrogen-bond donors (Lipinski definition) is 1. The van der Waals surface area contributed by atoms with Gasteiger partial charge in [-0.1, -0.05) is 24.3 Å². The second kappa shape index (κ2) is 11.9. The van der Waals surface area contributed by atoms with Crippen LogP contribution in [-0.4, -0.2) is 46.6 Å². The van der Waals surface area contributed by atoms with Crippen LogP contribution in [-0.2, 0) is 21.0 Å². The number of sulfonamides is 1. The van der Waals surface area contributed by atoms with Crippen molar-refractivity contribution < 1.29 is 35.9 Å². The summed E-state index contributed by atoms with van der Waals surface area (Å²) < 4.78 is 75.4. The summed E-state index contributed by atoms with van der Waals surface area (Å²) in [6.45, 7) is 5.21. The Morgan fingerprint density at radius 2 is 1.91 bits per heavy atom. The van der Waals surface area contributed by atoms with Crippen LogP contribution in [0, 0.1) is 0 Å². The van der Waals surface area contributed by atoms with Gasteiger partial charge in [0.05, 0.1) is 35.4 Å². The van der Waals surface area contributed by atoms with Crippen molar-refractivity contribution >= 4 is 39.4 Å². The summed E-state index contributed by atoms with van der Waals surface area (Å²) in [5, 5.41) is 3.17. The van der Waals surface area contributed by atoms with E-state index in [1.54, 1.807) is 31.2 Å². The highest BCUT2D eigenvalue weighted by Crippen LogP contribution is 2.37. The summed E-state index contributed by atoms with van der Waals surface area (Å²) in [6, 6.07) is 7.44. The van der Waals surface area contributed by atoms with E-state index >= 15 is 0 Å². The molecule has 0 aliphatic heterocycles. The molecule has 0 fully saturated rings. The normalized spacial score (nSPS) is 11.8. The van der Waals surface area contributed by atoms with Crippen molar-refractivity contribution in [1.29, 1.82) is 0 Å². The number of amides is 1. The molecular formula is C22H23ClF3N3O5S. The predicted octanol–water partition coefficient (Wildman–Crippen LogP) is 4.24. The highest BCUT2D eigenvalue weighted by atomic mass is 35.5. The molecule has 0 aliphatic rings. The molecule has 0 atom stereocenters. The molecule has 1 N–H and O–H groups in total. The van der Waals surface area contributed by atoms with Crippen LogP contribution in [0.5, 0.6) is 11.5 Å². The summed E-state index contributed by atoms with van der Waals surface area (Å²) in [6.07, 6.45) is -1.19. The SMILES string of the molecule is C=CCOc1ccc(/C=N\NC(=O)CN(c2ccc(Cl)c(C(F)(F)F)c2)S(C)(=O)=O)cc1OCC. The second-order valence-corrected chi connectivity index (χ2v) is 9.28. The van der Waals surface area contributed by atoms with Crippen LogP contribution in [0.15, 0.2) is 54.2 Å². The minimum Gasteiger partial charge on any atom is -0.490 e. The van der Waals surface area contributed by atoms with E-state index in [0.29, 0.717) is 34.0 Å². The third kappa shape index (κ3) is 8.18. The van der Waals surface area contributed by atoms with Crippen molar-refractivity contribution in [2.24, 2.45) is 5.10 Å². The van der Waals surface area contributed by atoms with Crippen LogP contribution < -0.4 is 19.2 Å². The summed E-state index contributed by atoms with van der Waals surface area (Å²) in [7, 11) is -4.12. The molecule has 0 radical (unpaired) electrons. The van der Waals surface area contributed by atoms with Gasteiger partial charge in [0.1, 0.15) is 13.2 Å². The molecule has 0 aliphatic carbocycles. The lowest BCUT2D eigenvalue weighted by Crippen LogP contribution is -2.39. The Morgan fingerprint density at radius 3 is 2.51 bits per heavy atom. The van der Waals surface area contributed by atoms with Crippen LogP contribution in [0.1, 0.15) is 18.1 Å². The van der Waals surface area contributed by atoms with E-state index in [4.69, 9.17) is 21.1 Å². The standard InChI is InChI=1S/C22H23ClF3N3O5S/c1-4-10-34-19-9-6-15(11-20(19)33-5-2)13-27-28-21(30)14-29(35(3,31)32)16-7-8-18(23)17(12-16)22(24,25)26/h4,6-9,11-13H,1,5,10,14H2,2-3H3,(H,28,30)/b27-13-. The number of carbonyl (C=O) groups is 1. The molecule has 0 aromatic heterocycles. The minimum absolute atomic E-state index is 0.276. The molecular weight excluding hydrogens is 511 g/mol. The van der Waals surface area contributed by atoms with E-state index in [-0.39, 0.29) is 12.3 Å². The van der Waals surface area contributed by atoms with E-state index in [1.807, 2.05) is 0 Å². The van der Waals surface area contributed by atoms with Gasteiger partial charge in [-0.3, -0.25) is 9.10 Å². The fraction of sp³-hybridized carbons (Fsp3) is 0.273. The van der Waals surface area contributed by atoms with E-state index in [2.05, 4.69) is 17.1 Å². The molecule has 2 aromatic carbocycles. The number of hydrazone groups is 1. The number of alkyl halides is 3. The Hall–Kier alpha value is -3.25. The Labute approximate surface area is 206 Å². The number of nitrogens with zero attached hydrogens (tertiary/aromatic N) is 2. The number of halogens is 4. The third-order valence-corrected chi connectivity index (χ3v) is 5.73. The molecule has 0 bridgehead atoms. The van der Waals surface area contributed by atoms with Gasteiger partial charge >= 0.3 is 6.18 Å². The number of nitrogens with one attached hydrogen (secondary N) is 1. The Morgan fingerprint density at radius 1 is 1.20 bits per heavy atom. The van der Waals surface area contributed by atoms with Crippen LogP contribution in [0.25, 0.3) is 0 Å². The van der Waals surface area contributed by atoms with Gasteiger partial charge in [-0.05, 0) is 48.9 Å². The number of ether oxygens (including phenoxy) is 2. The van der Waals surface area contributed by atoms with E-state index < -0.39 is 39.2 Å². The van der Waals surface area contributed by atoms with Crippen molar-refractivity contribution in [2.75, 3.05) is 30.3 Å². The highest BCUT2D eigenvalue weighted by Gasteiger charge is 2.34. The smallest absolute Gasteiger partial charge is 0.417 e. The molecule has 35 heavy (non-hydrogen) atoms. The summed E-state index contributed by atoms with van der Waals surface area (Å²) in [5.74, 6) is 0.0418.